The summed E-state index contributed by atoms with van der Waals surface area (Å²) in [5.41, 5.74) is 28.8. The van der Waals surface area contributed by atoms with E-state index in [1.165, 1.54) is 131 Å². The summed E-state index contributed by atoms with van der Waals surface area (Å²) >= 11 is 8.15. The lowest BCUT2D eigenvalue weighted by molar-refractivity contribution is 1.06. The average molecular weight is 919 g/mol. The van der Waals surface area contributed by atoms with Gasteiger partial charge in [-0.2, -0.15) is 0 Å². The molecule has 4 aliphatic carbocycles. The second-order valence-electron chi connectivity index (χ2n) is 18.0. The van der Waals surface area contributed by atoms with Crippen LogP contribution >= 0.6 is 47.0 Å². The van der Waals surface area contributed by atoms with Crippen LogP contribution < -0.4 is 0 Å². The van der Waals surface area contributed by atoms with E-state index in [9.17, 15) is 0 Å². The third kappa shape index (κ3) is 7.29. The minimum atomic E-state index is 0.938. The third-order valence-electron chi connectivity index (χ3n) is 14.3. The van der Waals surface area contributed by atoms with Gasteiger partial charge >= 0.3 is 0 Å². The molecule has 4 aliphatic rings. The fourth-order valence-electron chi connectivity index (χ4n) is 11.0. The normalized spacial score (nSPS) is 13.1. The maximum absolute atomic E-state index is 2.54. The van der Waals surface area contributed by atoms with Crippen LogP contribution in [-0.2, 0) is 48.7 Å². The number of hydrogen-bond donors (Lipinski definition) is 0. The number of fused-ring (bicyclic) bond motifs is 12. The lowest BCUT2D eigenvalue weighted by Crippen LogP contribution is -1.96. The van der Waals surface area contributed by atoms with Crippen molar-refractivity contribution in [3.63, 3.8) is 0 Å². The Balaban J connectivity index is 0.881. The lowest BCUT2D eigenvalue weighted by Gasteiger charge is -2.19. The monoisotopic (exact) mass is 918 g/mol. The maximum atomic E-state index is 2.54. The van der Waals surface area contributed by atoms with Crippen molar-refractivity contribution in [2.75, 3.05) is 0 Å². The Morgan fingerprint density at radius 2 is 0.561 bits per heavy atom. The quantitative estimate of drug-likeness (QED) is 0.112. The molecule has 0 saturated carbocycles. The van der Waals surface area contributed by atoms with Gasteiger partial charge in [0.05, 0.1) is 0 Å². The molecule has 66 heavy (non-hydrogen) atoms. The fourth-order valence-corrected chi connectivity index (χ4v) is 16.0. The van der Waals surface area contributed by atoms with Crippen LogP contribution in [-0.4, -0.2) is 0 Å². The average Bonchev–Trinajstić information content (AvgIpc) is 4.15. The molecule has 0 saturated heterocycles. The zero-order chi connectivity index (χ0) is 43.6. The summed E-state index contributed by atoms with van der Waals surface area (Å²) in [6.45, 7) is 0. The van der Waals surface area contributed by atoms with Crippen LogP contribution in [0.1, 0.15) is 66.8 Å². The molecule has 0 fully saturated rings. The van der Waals surface area contributed by atoms with Gasteiger partial charge in [-0.15, -0.1) is 47.0 Å². The van der Waals surface area contributed by atoms with Crippen molar-refractivity contribution in [2.45, 2.75) is 68.3 Å². The van der Waals surface area contributed by atoms with Gasteiger partial charge in [0.25, 0.3) is 0 Å². The second-order valence-corrected chi connectivity index (χ2v) is 22.1. The number of hydrogen-bond acceptors (Lipinski definition) is 4. The van der Waals surface area contributed by atoms with E-state index in [2.05, 4.69) is 194 Å². The first kappa shape index (κ1) is 40.6. The van der Waals surface area contributed by atoms with Gasteiger partial charge in [-0.3, -0.25) is 0 Å². The van der Waals surface area contributed by atoms with E-state index >= 15 is 0 Å². The summed E-state index contributed by atoms with van der Waals surface area (Å²) in [7, 11) is 0. The molecule has 0 aromatic heterocycles. The highest BCUT2D eigenvalue weighted by Gasteiger charge is 2.26. The smallest absolute Gasteiger partial charge is 0.0348 e. The number of benzene rings is 9. The predicted octanol–water partition coefficient (Wildman–Crippen LogP) is 17.1. The molecule has 0 nitrogen and oxygen atoms in total. The molecule has 9 aromatic rings. The fraction of sp³-hybridized carbons (Fsp3) is 0.129. The van der Waals surface area contributed by atoms with Crippen LogP contribution in [0.25, 0.3) is 44.5 Å². The number of thioether (sulfide) groups is 4. The zero-order valence-electron chi connectivity index (χ0n) is 36.6. The molecule has 0 amide bonds. The van der Waals surface area contributed by atoms with Gasteiger partial charge in [0.1, 0.15) is 0 Å². The van der Waals surface area contributed by atoms with Gasteiger partial charge in [0.2, 0.25) is 0 Å². The highest BCUT2D eigenvalue weighted by atomic mass is 32.2. The Bertz CT molecular complexity index is 3270. The molecular formula is C62H46S4. The van der Waals surface area contributed by atoms with E-state index in [-0.39, 0.29) is 0 Å². The van der Waals surface area contributed by atoms with E-state index in [1.807, 2.05) is 35.3 Å². The first-order chi connectivity index (χ1) is 32.7. The van der Waals surface area contributed by atoms with Crippen LogP contribution in [0, 0.1) is 0 Å². The van der Waals surface area contributed by atoms with Gasteiger partial charge < -0.3 is 0 Å². The van der Waals surface area contributed by atoms with Crippen LogP contribution in [0.5, 0.6) is 0 Å². The van der Waals surface area contributed by atoms with Crippen molar-refractivity contribution in [2.24, 2.45) is 0 Å². The van der Waals surface area contributed by atoms with E-state index in [0.29, 0.717) is 0 Å². The summed E-state index contributed by atoms with van der Waals surface area (Å²) in [4.78, 5) is 5.57. The van der Waals surface area contributed by atoms with Gasteiger partial charge in [0, 0.05) is 42.6 Å². The van der Waals surface area contributed by atoms with Gasteiger partial charge in [-0.05, 0) is 149 Å². The first-order valence-corrected chi connectivity index (χ1v) is 27.1. The van der Waals surface area contributed by atoms with Crippen molar-refractivity contribution in [1.29, 1.82) is 0 Å². The molecule has 0 spiro atoms. The Morgan fingerprint density at radius 3 is 0.909 bits per heavy atom. The molecule has 9 aromatic carbocycles. The zero-order valence-corrected chi connectivity index (χ0v) is 39.9. The van der Waals surface area contributed by atoms with Crippen molar-refractivity contribution < 1.29 is 0 Å². The Labute approximate surface area is 405 Å². The summed E-state index contributed by atoms with van der Waals surface area (Å²) in [5, 5.41) is 0. The van der Waals surface area contributed by atoms with Crippen molar-refractivity contribution >= 4 is 47.0 Å². The molecule has 318 valence electrons. The van der Waals surface area contributed by atoms with Crippen LogP contribution in [0.2, 0.25) is 0 Å². The van der Waals surface area contributed by atoms with E-state index < -0.39 is 0 Å². The molecule has 0 radical (unpaired) electrons. The molecule has 0 unspecified atom stereocenters. The topological polar surface area (TPSA) is 0 Å². The van der Waals surface area contributed by atoms with Crippen molar-refractivity contribution in [1.82, 2.24) is 0 Å². The largest absolute Gasteiger partial charge is 0.121 e. The van der Waals surface area contributed by atoms with Gasteiger partial charge in [-0.1, -0.05) is 170 Å². The first-order valence-electron chi connectivity index (χ1n) is 23.2. The van der Waals surface area contributed by atoms with Crippen LogP contribution in [0.3, 0.4) is 0 Å². The Hall–Kier alpha value is -5.62. The standard InChI is InChI=1S/C62H46S4/c1-5-21-48-39(13-1)29-56-43(17-9-25-52(48)56)35-63-47-33-60(64-36-44-18-10-26-53-49-22-6-2-14-40(49)30-57(44)53)62(66-38-46-20-12-28-55-51-24-8-4-16-42(51)32-59(46)55)61(34-47)65-37-45-19-11-27-54-50-23-7-3-15-41(50)31-58(45)54/h1-28,33-34H,29-32,35-38H2. The second kappa shape index (κ2) is 17.2. The molecular weight excluding hydrogens is 873 g/mol. The molecule has 13 rings (SSSR count). The van der Waals surface area contributed by atoms with Crippen LogP contribution in [0.15, 0.2) is 202 Å². The van der Waals surface area contributed by atoms with Crippen molar-refractivity contribution in [3.8, 4) is 44.5 Å². The summed E-state index contributed by atoms with van der Waals surface area (Å²) in [6.07, 6.45) is 4.06. The summed E-state index contributed by atoms with van der Waals surface area (Å²) in [5.74, 6) is 3.76. The molecule has 4 heteroatoms. The van der Waals surface area contributed by atoms with E-state index in [4.69, 9.17) is 0 Å². The third-order valence-corrected chi connectivity index (χ3v) is 19.0. The Morgan fingerprint density at radius 1 is 0.273 bits per heavy atom. The van der Waals surface area contributed by atoms with Crippen molar-refractivity contribution in [3.05, 3.63) is 249 Å². The molecule has 0 N–H and O–H groups in total. The molecule has 0 heterocycles. The van der Waals surface area contributed by atoms with Gasteiger partial charge in [-0.25, -0.2) is 0 Å². The lowest BCUT2D eigenvalue weighted by atomic mass is 10.0. The SMILES string of the molecule is c1ccc2c(c1)Cc1c(CSc3cc(SCc4cccc5c4Cc4ccccc4-5)c(SCc4cccc5c4Cc4ccccc4-5)c(SCc4cccc5c4Cc4ccccc4-5)c3)cccc1-2. The van der Waals surface area contributed by atoms with Gasteiger partial charge in [0.15, 0.2) is 0 Å². The maximum Gasteiger partial charge on any atom is 0.0348 e. The van der Waals surface area contributed by atoms with Crippen LogP contribution in [0.4, 0.5) is 0 Å². The summed E-state index contributed by atoms with van der Waals surface area (Å²) in [6, 6.07) is 69.0. The molecule has 0 aliphatic heterocycles. The highest BCUT2D eigenvalue weighted by molar-refractivity contribution is 8.03. The predicted molar refractivity (Wildman–Crippen MR) is 283 cm³/mol. The van der Waals surface area contributed by atoms with E-state index in [0.717, 1.165) is 48.7 Å². The molecule has 0 atom stereocenters. The minimum absolute atomic E-state index is 0.938. The Kier molecular flexibility index (Phi) is 10.6. The highest BCUT2D eigenvalue weighted by Crippen LogP contribution is 2.49. The minimum Gasteiger partial charge on any atom is -0.121 e. The molecule has 0 bridgehead atoms. The number of rotatable bonds is 12. The summed E-state index contributed by atoms with van der Waals surface area (Å²) < 4.78 is 0. The van der Waals surface area contributed by atoms with E-state index in [1.54, 1.807) is 0 Å².